The second kappa shape index (κ2) is 13.2. The number of nitrogens with one attached hydrogen (secondary N) is 1. The third-order valence-corrected chi connectivity index (χ3v) is 7.67. The average Bonchev–Trinajstić information content (AvgIpc) is 3.00. The van der Waals surface area contributed by atoms with Crippen LogP contribution < -0.4 is 10.2 Å². The lowest BCUT2D eigenvalue weighted by Gasteiger charge is -2.41. The maximum Gasteiger partial charge on any atom is 0.269 e. The highest BCUT2D eigenvalue weighted by Crippen LogP contribution is 2.38. The van der Waals surface area contributed by atoms with Gasteiger partial charge in [-0.15, -0.1) is 0 Å². The number of hydrogen-bond donors (Lipinski definition) is 2. The zero-order chi connectivity index (χ0) is 28.8. The molecule has 216 valence electrons. The Hall–Kier alpha value is -3.83. The maximum absolute atomic E-state index is 11.3. The summed E-state index contributed by atoms with van der Waals surface area (Å²) in [5.74, 6) is -0.0699. The zero-order valence-corrected chi connectivity index (χ0v) is 23.1. The summed E-state index contributed by atoms with van der Waals surface area (Å²) in [6.07, 6.45) is -0.0429. The van der Waals surface area contributed by atoms with Gasteiger partial charge >= 0.3 is 0 Å². The lowest BCUT2D eigenvalue weighted by atomic mass is 9.99. The van der Waals surface area contributed by atoms with Gasteiger partial charge in [-0.25, -0.2) is 0 Å². The van der Waals surface area contributed by atoms with Crippen molar-refractivity contribution in [3.05, 3.63) is 105 Å². The van der Waals surface area contributed by atoms with Crippen LogP contribution in [0.25, 0.3) is 0 Å². The van der Waals surface area contributed by atoms with E-state index in [1.54, 1.807) is 12.1 Å². The number of hydrogen-bond acceptors (Lipinski definition) is 8. The highest BCUT2D eigenvalue weighted by molar-refractivity contribution is 5.72. The van der Waals surface area contributed by atoms with E-state index in [-0.39, 0.29) is 35.3 Å². The minimum absolute atomic E-state index is 0.00312. The number of amides is 1. The number of carbonyl (C=O) groups excluding carboxylic acids is 1. The lowest BCUT2D eigenvalue weighted by Crippen LogP contribution is -2.49. The molecule has 10 heteroatoms. The fraction of sp³-hybridized carbons (Fsp3) is 0.387. The number of benzene rings is 3. The van der Waals surface area contributed by atoms with Gasteiger partial charge < -0.3 is 24.8 Å². The van der Waals surface area contributed by atoms with Gasteiger partial charge in [-0.05, 0) is 28.8 Å². The number of rotatable bonds is 9. The summed E-state index contributed by atoms with van der Waals surface area (Å²) in [5, 5.41) is 23.3. The van der Waals surface area contributed by atoms with Crippen molar-refractivity contribution in [2.45, 2.75) is 45.0 Å². The molecule has 1 amide bonds. The molecule has 3 aromatic carbocycles. The highest BCUT2D eigenvalue weighted by atomic mass is 16.7. The maximum atomic E-state index is 11.3. The Bertz CT molecular complexity index is 1310. The summed E-state index contributed by atoms with van der Waals surface area (Å²) < 4.78 is 13.0. The Morgan fingerprint density at radius 1 is 0.927 bits per heavy atom. The van der Waals surface area contributed by atoms with Gasteiger partial charge in [-0.1, -0.05) is 48.5 Å². The number of piperazine rings is 1. The molecule has 3 atom stereocenters. The standard InChI is InChI=1S/C31H36N4O6/c1-22(37)32-19-23-2-8-26(9-3-23)31-40-29(18-30(41-31)25-6-4-24(21-36)5-7-25)20-33-14-16-34(17-15-33)27-10-12-28(13-11-27)35(38)39/h2-13,29-31,36H,14-21H2,1H3,(H,32,37)/t29-,30+,31+/m0/s1. The van der Waals surface area contributed by atoms with Crippen molar-refractivity contribution in [2.24, 2.45) is 0 Å². The van der Waals surface area contributed by atoms with Crippen LogP contribution in [0.15, 0.2) is 72.8 Å². The quantitative estimate of drug-likeness (QED) is 0.297. The van der Waals surface area contributed by atoms with Gasteiger partial charge in [0.25, 0.3) is 5.69 Å². The summed E-state index contributed by atoms with van der Waals surface area (Å²) in [6.45, 7) is 6.10. The minimum Gasteiger partial charge on any atom is -0.392 e. The predicted octanol–water partition coefficient (Wildman–Crippen LogP) is 4.09. The van der Waals surface area contributed by atoms with E-state index < -0.39 is 6.29 Å². The molecule has 0 aromatic heterocycles. The second-order valence-electron chi connectivity index (χ2n) is 10.6. The number of nitro groups is 1. The van der Waals surface area contributed by atoms with Crippen LogP contribution in [0.4, 0.5) is 11.4 Å². The molecule has 2 N–H and O–H groups in total. The van der Waals surface area contributed by atoms with E-state index in [1.165, 1.54) is 6.92 Å². The van der Waals surface area contributed by atoms with Crippen LogP contribution in [-0.2, 0) is 27.4 Å². The Morgan fingerprint density at radius 3 is 2.17 bits per heavy atom. The van der Waals surface area contributed by atoms with Crippen molar-refractivity contribution < 1.29 is 24.3 Å². The van der Waals surface area contributed by atoms with Gasteiger partial charge in [-0.2, -0.15) is 0 Å². The van der Waals surface area contributed by atoms with E-state index in [0.717, 1.165) is 60.7 Å². The largest absolute Gasteiger partial charge is 0.392 e. The number of carbonyl (C=O) groups is 1. The molecule has 0 spiro atoms. The number of non-ortho nitro benzene ring substituents is 1. The molecule has 0 aliphatic carbocycles. The third-order valence-electron chi connectivity index (χ3n) is 7.67. The van der Waals surface area contributed by atoms with E-state index in [2.05, 4.69) is 15.1 Å². The molecule has 0 unspecified atom stereocenters. The number of aliphatic hydroxyl groups is 1. The van der Waals surface area contributed by atoms with Crippen molar-refractivity contribution >= 4 is 17.3 Å². The number of nitrogens with zero attached hydrogens (tertiary/aromatic N) is 3. The second-order valence-corrected chi connectivity index (χ2v) is 10.6. The van der Waals surface area contributed by atoms with Crippen LogP contribution in [0, 0.1) is 10.1 Å². The van der Waals surface area contributed by atoms with Gasteiger partial charge in [0.05, 0.1) is 23.7 Å². The fourth-order valence-electron chi connectivity index (χ4n) is 5.31. The zero-order valence-electron chi connectivity index (χ0n) is 23.1. The molecular formula is C31H36N4O6. The lowest BCUT2D eigenvalue weighted by molar-refractivity contribution is -0.384. The molecule has 10 nitrogen and oxygen atoms in total. The first-order valence-electron chi connectivity index (χ1n) is 13.9. The number of nitro benzene ring substituents is 1. The van der Waals surface area contributed by atoms with Crippen molar-refractivity contribution in [3.8, 4) is 0 Å². The molecule has 2 heterocycles. The van der Waals surface area contributed by atoms with Crippen LogP contribution >= 0.6 is 0 Å². The predicted molar refractivity (Wildman–Crippen MR) is 154 cm³/mol. The summed E-state index contributed by atoms with van der Waals surface area (Å²) in [6, 6.07) is 22.5. The normalized spacial score (nSPS) is 21.4. The smallest absolute Gasteiger partial charge is 0.269 e. The van der Waals surface area contributed by atoms with Crippen molar-refractivity contribution in [2.75, 3.05) is 37.6 Å². The summed E-state index contributed by atoms with van der Waals surface area (Å²) in [4.78, 5) is 26.5. The first kappa shape index (κ1) is 28.7. The molecule has 0 radical (unpaired) electrons. The molecule has 5 rings (SSSR count). The molecule has 3 aromatic rings. The molecular weight excluding hydrogens is 524 g/mol. The van der Waals surface area contributed by atoms with Crippen LogP contribution in [0.2, 0.25) is 0 Å². The highest BCUT2D eigenvalue weighted by Gasteiger charge is 2.33. The first-order valence-corrected chi connectivity index (χ1v) is 13.9. The monoisotopic (exact) mass is 560 g/mol. The first-order chi connectivity index (χ1) is 19.9. The van der Waals surface area contributed by atoms with E-state index in [1.807, 2.05) is 60.7 Å². The van der Waals surface area contributed by atoms with E-state index in [9.17, 15) is 20.0 Å². The molecule has 2 saturated heterocycles. The summed E-state index contributed by atoms with van der Waals surface area (Å²) in [7, 11) is 0. The average molecular weight is 561 g/mol. The van der Waals surface area contributed by atoms with Gasteiger partial charge in [0, 0.05) is 76.0 Å². The topological polar surface area (TPSA) is 117 Å². The molecule has 41 heavy (non-hydrogen) atoms. The molecule has 2 fully saturated rings. The van der Waals surface area contributed by atoms with E-state index in [0.29, 0.717) is 13.0 Å². The molecule has 2 aliphatic rings. The van der Waals surface area contributed by atoms with Crippen molar-refractivity contribution in [1.82, 2.24) is 10.2 Å². The number of aliphatic hydroxyl groups excluding tert-OH is 1. The van der Waals surface area contributed by atoms with Gasteiger partial charge in [0.15, 0.2) is 6.29 Å². The summed E-state index contributed by atoms with van der Waals surface area (Å²) >= 11 is 0. The van der Waals surface area contributed by atoms with Gasteiger partial charge in [-0.3, -0.25) is 19.8 Å². The summed E-state index contributed by atoms with van der Waals surface area (Å²) in [5.41, 5.74) is 4.91. The molecule has 2 aliphatic heterocycles. The molecule has 0 saturated carbocycles. The van der Waals surface area contributed by atoms with Crippen molar-refractivity contribution in [1.29, 1.82) is 0 Å². The molecule has 0 bridgehead atoms. The minimum atomic E-state index is -0.535. The van der Waals surface area contributed by atoms with Gasteiger partial charge in [0.1, 0.15) is 0 Å². The van der Waals surface area contributed by atoms with Crippen LogP contribution in [0.3, 0.4) is 0 Å². The van der Waals surface area contributed by atoms with Crippen LogP contribution in [0.1, 0.15) is 48.0 Å². The van der Waals surface area contributed by atoms with Crippen LogP contribution in [-0.4, -0.2) is 59.7 Å². The third kappa shape index (κ3) is 7.47. The van der Waals surface area contributed by atoms with Gasteiger partial charge in [0.2, 0.25) is 5.91 Å². The number of anilines is 1. The van der Waals surface area contributed by atoms with Crippen molar-refractivity contribution in [3.63, 3.8) is 0 Å². The Balaban J connectivity index is 1.25. The fourth-order valence-corrected chi connectivity index (χ4v) is 5.31. The Kier molecular flexibility index (Phi) is 9.25. The van der Waals surface area contributed by atoms with Crippen LogP contribution in [0.5, 0.6) is 0 Å². The number of ether oxygens (including phenoxy) is 2. The van der Waals surface area contributed by atoms with E-state index >= 15 is 0 Å². The Morgan fingerprint density at radius 2 is 1.56 bits per heavy atom. The Labute approximate surface area is 239 Å². The SMILES string of the molecule is CC(=O)NCc1ccc([C@@H]2O[C@H](CN3CCN(c4ccc([N+](=O)[O-])cc4)CC3)C[C@H](c3ccc(CO)cc3)O2)cc1. The van der Waals surface area contributed by atoms with E-state index in [4.69, 9.17) is 9.47 Å².